The maximum absolute atomic E-state index is 12.2. The molecule has 1 aromatic carbocycles. The number of rotatable bonds is 4. The Morgan fingerprint density at radius 2 is 2.20 bits per heavy atom. The monoisotopic (exact) mass is 308 g/mol. The Hall–Kier alpha value is -1.85. The SMILES string of the molecule is CCc1occc1C(=O)Nc1cc(C(N)=S)ccc1Cl. The summed E-state index contributed by atoms with van der Waals surface area (Å²) in [4.78, 5) is 12.4. The predicted octanol–water partition coefficient (Wildman–Crippen LogP) is 3.38. The van der Waals surface area contributed by atoms with E-state index in [0.717, 1.165) is 0 Å². The highest BCUT2D eigenvalue weighted by Crippen LogP contribution is 2.24. The number of carbonyl (C=O) groups is 1. The number of halogens is 1. The van der Waals surface area contributed by atoms with E-state index in [2.05, 4.69) is 5.32 Å². The first-order valence-electron chi connectivity index (χ1n) is 6.00. The molecular weight excluding hydrogens is 296 g/mol. The van der Waals surface area contributed by atoms with Gasteiger partial charge in [0.1, 0.15) is 10.7 Å². The summed E-state index contributed by atoms with van der Waals surface area (Å²) in [5.41, 5.74) is 7.16. The standard InChI is InChI=1S/C14H13ClN2O2S/c1-2-12-9(5-6-19-12)14(18)17-11-7-8(13(16)20)3-4-10(11)15/h3-7H,2H2,1H3,(H2,16,20)(H,17,18). The largest absolute Gasteiger partial charge is 0.469 e. The Balaban J connectivity index is 2.28. The van der Waals surface area contributed by atoms with Crippen LogP contribution in [0.1, 0.15) is 28.6 Å². The van der Waals surface area contributed by atoms with E-state index in [1.165, 1.54) is 6.26 Å². The number of furan rings is 1. The molecule has 0 spiro atoms. The number of hydrogen-bond donors (Lipinski definition) is 2. The van der Waals surface area contributed by atoms with Gasteiger partial charge in [-0.2, -0.15) is 0 Å². The van der Waals surface area contributed by atoms with Crippen molar-refractivity contribution in [3.63, 3.8) is 0 Å². The predicted molar refractivity (Wildman–Crippen MR) is 83.4 cm³/mol. The van der Waals surface area contributed by atoms with Crippen molar-refractivity contribution in [3.8, 4) is 0 Å². The van der Waals surface area contributed by atoms with E-state index < -0.39 is 0 Å². The number of thiocarbonyl (C=S) groups is 1. The van der Waals surface area contributed by atoms with Crippen LogP contribution in [0, 0.1) is 0 Å². The Morgan fingerprint density at radius 3 is 2.85 bits per heavy atom. The lowest BCUT2D eigenvalue weighted by atomic mass is 10.1. The third kappa shape index (κ3) is 3.00. The van der Waals surface area contributed by atoms with Gasteiger partial charge in [0.2, 0.25) is 0 Å². The van der Waals surface area contributed by atoms with Crippen LogP contribution in [0.15, 0.2) is 34.9 Å². The normalized spacial score (nSPS) is 10.3. The Kier molecular flexibility index (Phi) is 4.42. The summed E-state index contributed by atoms with van der Waals surface area (Å²) >= 11 is 11.0. The number of amides is 1. The number of aryl methyl sites for hydroxylation is 1. The zero-order chi connectivity index (χ0) is 14.7. The second kappa shape index (κ2) is 6.07. The van der Waals surface area contributed by atoms with Crippen molar-refractivity contribution in [3.05, 3.63) is 52.4 Å². The van der Waals surface area contributed by atoms with Gasteiger partial charge in [0.25, 0.3) is 5.91 Å². The smallest absolute Gasteiger partial charge is 0.259 e. The fourth-order valence-electron chi connectivity index (χ4n) is 1.78. The van der Waals surface area contributed by atoms with Crippen LogP contribution in [0.2, 0.25) is 5.02 Å². The second-order valence-electron chi connectivity index (χ2n) is 4.12. The van der Waals surface area contributed by atoms with Crippen molar-refractivity contribution in [2.45, 2.75) is 13.3 Å². The molecule has 0 bridgehead atoms. The average Bonchev–Trinajstić information content (AvgIpc) is 2.89. The number of hydrogen-bond acceptors (Lipinski definition) is 3. The number of nitrogens with one attached hydrogen (secondary N) is 1. The van der Waals surface area contributed by atoms with Crippen LogP contribution in [0.4, 0.5) is 5.69 Å². The molecule has 3 N–H and O–H groups in total. The number of anilines is 1. The molecular formula is C14H13ClN2O2S. The summed E-state index contributed by atoms with van der Waals surface area (Å²) in [6, 6.07) is 6.62. The minimum Gasteiger partial charge on any atom is -0.469 e. The van der Waals surface area contributed by atoms with Gasteiger partial charge in [-0.25, -0.2) is 0 Å². The van der Waals surface area contributed by atoms with Crippen LogP contribution in [0.3, 0.4) is 0 Å². The molecule has 2 aromatic rings. The zero-order valence-corrected chi connectivity index (χ0v) is 12.3. The van der Waals surface area contributed by atoms with Gasteiger partial charge in [-0.15, -0.1) is 0 Å². The topological polar surface area (TPSA) is 68.3 Å². The van der Waals surface area contributed by atoms with Crippen LogP contribution in [-0.2, 0) is 6.42 Å². The van der Waals surface area contributed by atoms with Crippen molar-refractivity contribution in [2.24, 2.45) is 5.73 Å². The molecule has 104 valence electrons. The van der Waals surface area contributed by atoms with Gasteiger partial charge in [-0.3, -0.25) is 4.79 Å². The molecule has 2 rings (SSSR count). The van der Waals surface area contributed by atoms with E-state index in [9.17, 15) is 4.79 Å². The number of nitrogens with two attached hydrogens (primary N) is 1. The Labute approximate surface area is 126 Å². The van der Waals surface area contributed by atoms with Crippen molar-refractivity contribution in [2.75, 3.05) is 5.32 Å². The molecule has 0 radical (unpaired) electrons. The highest BCUT2D eigenvalue weighted by Gasteiger charge is 2.15. The summed E-state index contributed by atoms with van der Waals surface area (Å²) in [6.45, 7) is 1.91. The molecule has 1 heterocycles. The molecule has 0 saturated heterocycles. The molecule has 1 aromatic heterocycles. The van der Waals surface area contributed by atoms with E-state index in [4.69, 9.17) is 34.0 Å². The van der Waals surface area contributed by atoms with Crippen LogP contribution < -0.4 is 11.1 Å². The van der Waals surface area contributed by atoms with Gasteiger partial charge >= 0.3 is 0 Å². The van der Waals surface area contributed by atoms with Crippen molar-refractivity contribution in [1.82, 2.24) is 0 Å². The molecule has 0 fully saturated rings. The Morgan fingerprint density at radius 1 is 1.45 bits per heavy atom. The summed E-state index contributed by atoms with van der Waals surface area (Å²) < 4.78 is 5.23. The molecule has 0 aliphatic heterocycles. The van der Waals surface area contributed by atoms with Gasteiger partial charge in [0.05, 0.1) is 22.5 Å². The van der Waals surface area contributed by atoms with E-state index in [1.807, 2.05) is 6.92 Å². The van der Waals surface area contributed by atoms with E-state index in [1.54, 1.807) is 24.3 Å². The quantitative estimate of drug-likeness (QED) is 0.850. The molecule has 0 aliphatic carbocycles. The van der Waals surface area contributed by atoms with Crippen LogP contribution in [0.25, 0.3) is 0 Å². The molecule has 0 saturated carbocycles. The average molecular weight is 309 g/mol. The summed E-state index contributed by atoms with van der Waals surface area (Å²) in [7, 11) is 0. The fourth-order valence-corrected chi connectivity index (χ4v) is 2.07. The molecule has 1 amide bonds. The first kappa shape index (κ1) is 14.6. The highest BCUT2D eigenvalue weighted by molar-refractivity contribution is 7.80. The third-order valence-corrected chi connectivity index (χ3v) is 3.38. The van der Waals surface area contributed by atoms with Crippen LogP contribution in [0.5, 0.6) is 0 Å². The number of benzene rings is 1. The molecule has 0 atom stereocenters. The molecule has 4 nitrogen and oxygen atoms in total. The van der Waals surface area contributed by atoms with Crippen molar-refractivity contribution < 1.29 is 9.21 Å². The fraction of sp³-hybridized carbons (Fsp3) is 0.143. The molecule has 0 unspecified atom stereocenters. The van der Waals surface area contributed by atoms with E-state index in [-0.39, 0.29) is 10.9 Å². The number of carbonyl (C=O) groups excluding carboxylic acids is 1. The summed E-state index contributed by atoms with van der Waals surface area (Å²) in [5, 5.41) is 3.15. The van der Waals surface area contributed by atoms with E-state index in [0.29, 0.717) is 34.0 Å². The minimum atomic E-state index is -0.280. The van der Waals surface area contributed by atoms with Crippen LogP contribution in [-0.4, -0.2) is 10.9 Å². The minimum absolute atomic E-state index is 0.245. The maximum Gasteiger partial charge on any atom is 0.259 e. The lowest BCUT2D eigenvalue weighted by molar-refractivity contribution is 0.102. The first-order valence-corrected chi connectivity index (χ1v) is 6.78. The van der Waals surface area contributed by atoms with Crippen molar-refractivity contribution >= 4 is 40.4 Å². The molecule has 6 heteroatoms. The van der Waals surface area contributed by atoms with Gasteiger partial charge < -0.3 is 15.5 Å². The van der Waals surface area contributed by atoms with Gasteiger partial charge in [-0.1, -0.05) is 36.8 Å². The van der Waals surface area contributed by atoms with Crippen molar-refractivity contribution in [1.29, 1.82) is 0 Å². The molecule has 20 heavy (non-hydrogen) atoms. The zero-order valence-electron chi connectivity index (χ0n) is 10.8. The van der Waals surface area contributed by atoms with Gasteiger partial charge in [0.15, 0.2) is 0 Å². The Bertz CT molecular complexity index is 667. The summed E-state index contributed by atoms with van der Waals surface area (Å²) in [5.74, 6) is 0.349. The first-order chi connectivity index (χ1) is 9.52. The van der Waals surface area contributed by atoms with Gasteiger partial charge in [-0.05, 0) is 18.2 Å². The highest BCUT2D eigenvalue weighted by atomic mass is 35.5. The van der Waals surface area contributed by atoms with Crippen LogP contribution >= 0.6 is 23.8 Å². The van der Waals surface area contributed by atoms with E-state index >= 15 is 0 Å². The lowest BCUT2D eigenvalue weighted by Crippen LogP contribution is -2.15. The summed E-state index contributed by atoms with van der Waals surface area (Å²) in [6.07, 6.45) is 2.12. The lowest BCUT2D eigenvalue weighted by Gasteiger charge is -2.09. The molecule has 0 aliphatic rings. The maximum atomic E-state index is 12.2. The third-order valence-electron chi connectivity index (χ3n) is 2.81. The second-order valence-corrected chi connectivity index (χ2v) is 4.97. The van der Waals surface area contributed by atoms with Gasteiger partial charge in [0, 0.05) is 12.0 Å².